The lowest BCUT2D eigenvalue weighted by Gasteiger charge is -2.29. The predicted octanol–water partition coefficient (Wildman–Crippen LogP) is 5.46. The van der Waals surface area contributed by atoms with Crippen molar-refractivity contribution in [1.29, 1.82) is 0 Å². The number of hydrogen-bond donors (Lipinski definition) is 1. The fourth-order valence-electron chi connectivity index (χ4n) is 3.75. The summed E-state index contributed by atoms with van der Waals surface area (Å²) >= 11 is 0. The second kappa shape index (κ2) is 11.0. The fraction of sp³-hybridized carbons (Fsp3) is 0.462. The number of amides is 2. The molecule has 0 saturated heterocycles. The number of nitrogens with one attached hydrogen (secondary N) is 1. The van der Waals surface area contributed by atoms with Crippen molar-refractivity contribution in [3.05, 3.63) is 65.2 Å². The summed E-state index contributed by atoms with van der Waals surface area (Å²) in [5, 5.41) is 2.64. The van der Waals surface area contributed by atoms with Crippen LogP contribution in [0.25, 0.3) is 0 Å². The van der Waals surface area contributed by atoms with Crippen LogP contribution in [0.15, 0.2) is 48.5 Å². The molecule has 0 bridgehead atoms. The second-order valence-electron chi connectivity index (χ2n) is 9.52. The van der Waals surface area contributed by atoms with Gasteiger partial charge in [-0.3, -0.25) is 4.79 Å². The lowest BCUT2D eigenvalue weighted by Crippen LogP contribution is -2.43. The van der Waals surface area contributed by atoms with Gasteiger partial charge in [0.25, 0.3) is 5.91 Å². The van der Waals surface area contributed by atoms with Gasteiger partial charge in [0.1, 0.15) is 17.5 Å². The minimum atomic E-state index is -4.51. The molecule has 1 N–H and O–H groups in total. The van der Waals surface area contributed by atoms with E-state index in [-0.39, 0.29) is 18.2 Å². The summed E-state index contributed by atoms with van der Waals surface area (Å²) in [4.78, 5) is 26.6. The van der Waals surface area contributed by atoms with Crippen LogP contribution in [0, 0.1) is 0 Å². The smallest absolute Gasteiger partial charge is 0.416 e. The maximum Gasteiger partial charge on any atom is 0.416 e. The number of alkyl halides is 3. The molecule has 6 nitrogen and oxygen atoms in total. The maximum absolute atomic E-state index is 12.9. The monoisotopic (exact) mass is 492 g/mol. The van der Waals surface area contributed by atoms with Gasteiger partial charge in [-0.15, -0.1) is 0 Å². The number of fused-ring (bicyclic) bond motifs is 1. The van der Waals surface area contributed by atoms with Crippen molar-refractivity contribution in [2.24, 2.45) is 0 Å². The number of rotatable bonds is 8. The van der Waals surface area contributed by atoms with E-state index in [9.17, 15) is 22.8 Å². The summed E-state index contributed by atoms with van der Waals surface area (Å²) in [7, 11) is 0. The summed E-state index contributed by atoms with van der Waals surface area (Å²) in [6.45, 7) is 6.42. The Hall–Kier alpha value is -3.23. The van der Waals surface area contributed by atoms with E-state index >= 15 is 0 Å². The molecule has 1 unspecified atom stereocenters. The molecule has 3 rings (SSSR count). The predicted molar refractivity (Wildman–Crippen MR) is 125 cm³/mol. The van der Waals surface area contributed by atoms with Crippen LogP contribution < -0.4 is 10.1 Å². The van der Waals surface area contributed by atoms with Gasteiger partial charge >= 0.3 is 12.3 Å². The van der Waals surface area contributed by atoms with Crippen LogP contribution in [0.5, 0.6) is 5.75 Å². The van der Waals surface area contributed by atoms with Gasteiger partial charge in [-0.2, -0.15) is 13.2 Å². The molecule has 0 radical (unpaired) electrons. The number of para-hydroxylation sites is 1. The van der Waals surface area contributed by atoms with Crippen LogP contribution >= 0.6 is 0 Å². The topological polar surface area (TPSA) is 67.9 Å². The number of nitrogens with zero attached hydrogens (tertiary/aromatic N) is 1. The summed E-state index contributed by atoms with van der Waals surface area (Å²) in [5.41, 5.74) is -0.463. The molecule has 0 aliphatic carbocycles. The first-order chi connectivity index (χ1) is 16.4. The van der Waals surface area contributed by atoms with Gasteiger partial charge in [-0.1, -0.05) is 24.3 Å². The first-order valence-corrected chi connectivity index (χ1v) is 11.6. The van der Waals surface area contributed by atoms with E-state index in [2.05, 4.69) is 5.32 Å². The van der Waals surface area contributed by atoms with Crippen molar-refractivity contribution in [1.82, 2.24) is 10.2 Å². The first-order valence-electron chi connectivity index (χ1n) is 11.6. The Bertz CT molecular complexity index is 1010. The van der Waals surface area contributed by atoms with Crippen molar-refractivity contribution in [3.8, 4) is 5.75 Å². The molecular formula is C26H31F3N2O4. The highest BCUT2D eigenvalue weighted by Crippen LogP contribution is 2.30. The van der Waals surface area contributed by atoms with E-state index in [1.165, 1.54) is 12.1 Å². The number of benzene rings is 2. The third-order valence-electron chi connectivity index (χ3n) is 5.38. The average Bonchev–Trinajstić information content (AvgIpc) is 3.18. The quantitative estimate of drug-likeness (QED) is 0.497. The minimum absolute atomic E-state index is 0.0480. The van der Waals surface area contributed by atoms with Gasteiger partial charge in [0.05, 0.1) is 12.1 Å². The van der Waals surface area contributed by atoms with Gasteiger partial charge in [-0.05, 0) is 63.4 Å². The Labute approximate surface area is 203 Å². The minimum Gasteiger partial charge on any atom is -0.488 e. The molecule has 0 aromatic heterocycles. The number of carbonyl (C=O) groups is 2. The number of halogens is 3. The molecule has 0 fully saturated rings. The number of hydrogen-bond acceptors (Lipinski definition) is 4. The molecule has 2 amide bonds. The largest absolute Gasteiger partial charge is 0.488 e. The standard InChI is InChI=1S/C26H31F3N2O4/c1-25(2,3)35-24(33)31(17-21-16-18-9-4-5-12-22(18)34-21)14-7-6-13-30-23(32)19-10-8-11-20(15-19)26(27,28)29/h4-5,8-12,15,21H,6-7,13-14,16-17H2,1-3H3,(H,30,32). The van der Waals surface area contributed by atoms with Gasteiger partial charge in [-0.25, -0.2) is 4.79 Å². The molecule has 0 spiro atoms. The Morgan fingerprint density at radius 2 is 1.83 bits per heavy atom. The maximum atomic E-state index is 12.9. The molecule has 0 saturated carbocycles. The van der Waals surface area contributed by atoms with Gasteiger partial charge in [0, 0.05) is 25.1 Å². The number of carbonyl (C=O) groups excluding carboxylic acids is 2. The van der Waals surface area contributed by atoms with Gasteiger partial charge in [0.2, 0.25) is 0 Å². The van der Waals surface area contributed by atoms with Crippen LogP contribution in [0.2, 0.25) is 0 Å². The zero-order valence-electron chi connectivity index (χ0n) is 20.2. The van der Waals surface area contributed by atoms with Gasteiger partial charge in [0.15, 0.2) is 0 Å². The molecule has 190 valence electrons. The molecule has 1 heterocycles. The van der Waals surface area contributed by atoms with Crippen molar-refractivity contribution in [2.75, 3.05) is 19.6 Å². The third kappa shape index (κ3) is 7.90. The zero-order chi connectivity index (χ0) is 25.6. The summed E-state index contributed by atoms with van der Waals surface area (Å²) in [6, 6.07) is 12.1. The lowest BCUT2D eigenvalue weighted by molar-refractivity contribution is -0.137. The van der Waals surface area contributed by atoms with Crippen molar-refractivity contribution in [2.45, 2.75) is 57.9 Å². The van der Waals surface area contributed by atoms with Crippen LogP contribution in [0.4, 0.5) is 18.0 Å². The van der Waals surface area contributed by atoms with Crippen molar-refractivity contribution >= 4 is 12.0 Å². The molecule has 9 heteroatoms. The molecule has 1 aliphatic rings. The van der Waals surface area contributed by atoms with Crippen LogP contribution in [0.1, 0.15) is 55.1 Å². The van der Waals surface area contributed by atoms with E-state index < -0.39 is 29.3 Å². The van der Waals surface area contributed by atoms with Crippen LogP contribution in [-0.4, -0.2) is 48.2 Å². The first kappa shape index (κ1) is 26.4. The Kier molecular flexibility index (Phi) is 8.30. The van der Waals surface area contributed by atoms with E-state index in [4.69, 9.17) is 9.47 Å². The second-order valence-corrected chi connectivity index (χ2v) is 9.52. The molecule has 1 aliphatic heterocycles. The lowest BCUT2D eigenvalue weighted by atomic mass is 10.1. The molecule has 2 aromatic carbocycles. The Morgan fingerprint density at radius 3 is 2.51 bits per heavy atom. The van der Waals surface area contributed by atoms with E-state index in [1.54, 1.807) is 25.7 Å². The molecular weight excluding hydrogens is 461 g/mol. The van der Waals surface area contributed by atoms with E-state index in [0.29, 0.717) is 32.4 Å². The van der Waals surface area contributed by atoms with E-state index in [0.717, 1.165) is 23.4 Å². The highest BCUT2D eigenvalue weighted by atomic mass is 19.4. The number of unbranched alkanes of at least 4 members (excludes halogenated alkanes) is 1. The Morgan fingerprint density at radius 1 is 1.09 bits per heavy atom. The SMILES string of the molecule is CC(C)(C)OC(=O)N(CCCCNC(=O)c1cccc(C(F)(F)F)c1)CC1Cc2ccccc2O1. The highest BCUT2D eigenvalue weighted by molar-refractivity contribution is 5.94. The fourth-order valence-corrected chi connectivity index (χ4v) is 3.75. The zero-order valence-corrected chi connectivity index (χ0v) is 20.2. The number of ether oxygens (including phenoxy) is 2. The summed E-state index contributed by atoms with van der Waals surface area (Å²) in [6.07, 6.45) is -3.32. The third-order valence-corrected chi connectivity index (χ3v) is 5.38. The van der Waals surface area contributed by atoms with Crippen molar-refractivity contribution in [3.63, 3.8) is 0 Å². The normalized spacial score (nSPS) is 15.2. The highest BCUT2D eigenvalue weighted by Gasteiger charge is 2.31. The molecule has 2 aromatic rings. The molecule has 1 atom stereocenters. The molecule has 35 heavy (non-hydrogen) atoms. The van der Waals surface area contributed by atoms with Crippen LogP contribution in [-0.2, 0) is 17.3 Å². The van der Waals surface area contributed by atoms with E-state index in [1.807, 2.05) is 24.3 Å². The van der Waals surface area contributed by atoms with Crippen molar-refractivity contribution < 1.29 is 32.2 Å². The summed E-state index contributed by atoms with van der Waals surface area (Å²) in [5.74, 6) is 0.246. The van der Waals surface area contributed by atoms with Crippen LogP contribution in [0.3, 0.4) is 0 Å². The van der Waals surface area contributed by atoms with Gasteiger partial charge < -0.3 is 19.7 Å². The Balaban J connectivity index is 1.50. The average molecular weight is 493 g/mol. The summed E-state index contributed by atoms with van der Waals surface area (Å²) < 4.78 is 50.1.